The SMILES string of the molecule is CN=C(NCC(C)Oc1cccc(F)c1)NCC(C)C(=O)OC. The van der Waals surface area contributed by atoms with E-state index in [-0.39, 0.29) is 23.8 Å². The predicted octanol–water partition coefficient (Wildman–Crippen LogP) is 1.57. The second kappa shape index (κ2) is 9.66. The van der Waals surface area contributed by atoms with Gasteiger partial charge in [-0.2, -0.15) is 0 Å². The number of nitrogens with one attached hydrogen (secondary N) is 2. The fraction of sp³-hybridized carbons (Fsp3) is 0.500. The molecular formula is C16H24FN3O3. The van der Waals surface area contributed by atoms with Crippen LogP contribution in [0.25, 0.3) is 0 Å². The van der Waals surface area contributed by atoms with E-state index in [1.165, 1.54) is 19.2 Å². The largest absolute Gasteiger partial charge is 0.489 e. The zero-order valence-electron chi connectivity index (χ0n) is 13.9. The first kappa shape index (κ1) is 18.7. The van der Waals surface area contributed by atoms with Gasteiger partial charge in [0.1, 0.15) is 17.7 Å². The first-order valence-electron chi connectivity index (χ1n) is 7.40. The quantitative estimate of drug-likeness (QED) is 0.452. The third kappa shape index (κ3) is 6.99. The van der Waals surface area contributed by atoms with Crippen molar-refractivity contribution in [2.24, 2.45) is 10.9 Å². The van der Waals surface area contributed by atoms with Gasteiger partial charge in [-0.3, -0.25) is 9.79 Å². The number of hydrogen-bond donors (Lipinski definition) is 2. The molecule has 6 nitrogen and oxygen atoms in total. The number of aliphatic imine (C=N–C) groups is 1. The first-order chi connectivity index (χ1) is 11.0. The number of methoxy groups -OCH3 is 1. The number of carbonyl (C=O) groups excluding carboxylic acids is 1. The molecule has 0 heterocycles. The third-order valence-electron chi connectivity index (χ3n) is 3.09. The van der Waals surface area contributed by atoms with Gasteiger partial charge in [-0.25, -0.2) is 4.39 Å². The van der Waals surface area contributed by atoms with Crippen LogP contribution in [0.4, 0.5) is 4.39 Å². The average molecular weight is 325 g/mol. The Bertz CT molecular complexity index is 537. The molecule has 7 heteroatoms. The minimum absolute atomic E-state index is 0.187. The van der Waals surface area contributed by atoms with Gasteiger partial charge in [0, 0.05) is 19.7 Å². The fourth-order valence-electron chi connectivity index (χ4n) is 1.81. The van der Waals surface area contributed by atoms with Gasteiger partial charge < -0.3 is 20.1 Å². The molecule has 0 fully saturated rings. The molecule has 1 aromatic rings. The maximum Gasteiger partial charge on any atom is 0.310 e. The molecule has 0 spiro atoms. The molecule has 0 bridgehead atoms. The molecular weight excluding hydrogens is 301 g/mol. The van der Waals surface area contributed by atoms with E-state index in [2.05, 4.69) is 20.4 Å². The number of carbonyl (C=O) groups is 1. The summed E-state index contributed by atoms with van der Waals surface area (Å²) in [5.74, 6) is 0.129. The van der Waals surface area contributed by atoms with Crippen molar-refractivity contribution in [3.05, 3.63) is 30.1 Å². The summed E-state index contributed by atoms with van der Waals surface area (Å²) in [6, 6.07) is 6.00. The molecule has 0 aliphatic rings. The van der Waals surface area contributed by atoms with Crippen molar-refractivity contribution in [3.8, 4) is 5.75 Å². The van der Waals surface area contributed by atoms with E-state index in [9.17, 15) is 9.18 Å². The summed E-state index contributed by atoms with van der Waals surface area (Å²) in [6.07, 6.45) is -0.187. The Labute approximate surface area is 136 Å². The molecule has 1 rings (SSSR count). The molecule has 0 amide bonds. The normalized spacial score (nSPS) is 13.9. The molecule has 0 aliphatic carbocycles. The molecule has 2 N–H and O–H groups in total. The summed E-state index contributed by atoms with van der Waals surface area (Å²) in [7, 11) is 2.99. The zero-order chi connectivity index (χ0) is 17.2. The lowest BCUT2D eigenvalue weighted by atomic mass is 10.2. The highest BCUT2D eigenvalue weighted by Crippen LogP contribution is 2.13. The summed E-state index contributed by atoms with van der Waals surface area (Å²) >= 11 is 0. The lowest BCUT2D eigenvalue weighted by Crippen LogP contribution is -2.44. The van der Waals surface area contributed by atoms with Crippen LogP contribution in [0.5, 0.6) is 5.75 Å². The molecule has 0 saturated carbocycles. The van der Waals surface area contributed by atoms with Crippen molar-refractivity contribution in [2.45, 2.75) is 20.0 Å². The lowest BCUT2D eigenvalue weighted by molar-refractivity contribution is -0.144. The number of benzene rings is 1. The van der Waals surface area contributed by atoms with Crippen molar-refractivity contribution in [2.75, 3.05) is 27.2 Å². The number of hydrogen-bond acceptors (Lipinski definition) is 4. The predicted molar refractivity (Wildman–Crippen MR) is 87.0 cm³/mol. The maximum atomic E-state index is 13.1. The van der Waals surface area contributed by atoms with Crippen LogP contribution >= 0.6 is 0 Å². The van der Waals surface area contributed by atoms with Gasteiger partial charge in [0.2, 0.25) is 0 Å². The molecule has 0 aromatic heterocycles. The van der Waals surface area contributed by atoms with Crippen molar-refractivity contribution in [3.63, 3.8) is 0 Å². The number of guanidine groups is 1. The van der Waals surface area contributed by atoms with Crippen LogP contribution in [0.15, 0.2) is 29.3 Å². The summed E-state index contributed by atoms with van der Waals surface area (Å²) in [5, 5.41) is 6.12. The monoisotopic (exact) mass is 325 g/mol. The summed E-state index contributed by atoms with van der Waals surface area (Å²) in [6.45, 7) is 4.51. The van der Waals surface area contributed by atoms with Crippen LogP contribution in [0.3, 0.4) is 0 Å². The molecule has 0 aliphatic heterocycles. The van der Waals surface area contributed by atoms with Gasteiger partial charge in [0.15, 0.2) is 5.96 Å². The number of ether oxygens (including phenoxy) is 2. The van der Waals surface area contributed by atoms with E-state index in [1.54, 1.807) is 26.1 Å². The summed E-state index contributed by atoms with van der Waals surface area (Å²) in [4.78, 5) is 15.4. The Kier molecular flexibility index (Phi) is 7.87. The topological polar surface area (TPSA) is 72.0 Å². The molecule has 23 heavy (non-hydrogen) atoms. The summed E-state index contributed by atoms with van der Waals surface area (Å²) in [5.41, 5.74) is 0. The third-order valence-corrected chi connectivity index (χ3v) is 3.09. The van der Waals surface area contributed by atoms with Gasteiger partial charge >= 0.3 is 5.97 Å². The van der Waals surface area contributed by atoms with E-state index in [0.717, 1.165) is 0 Å². The van der Waals surface area contributed by atoms with E-state index < -0.39 is 0 Å². The standard InChI is InChI=1S/C16H24FN3O3/c1-11(15(21)22-4)9-19-16(18-3)20-10-12(2)23-14-7-5-6-13(17)8-14/h5-8,11-12H,9-10H2,1-4H3,(H2,18,19,20). The summed E-state index contributed by atoms with van der Waals surface area (Å²) < 4.78 is 23.4. The van der Waals surface area contributed by atoms with Gasteiger partial charge in [-0.15, -0.1) is 0 Å². The Morgan fingerprint density at radius 2 is 2.00 bits per heavy atom. The van der Waals surface area contributed by atoms with Crippen molar-refractivity contribution >= 4 is 11.9 Å². The molecule has 2 unspecified atom stereocenters. The zero-order valence-corrected chi connectivity index (χ0v) is 13.9. The molecule has 1 aromatic carbocycles. The maximum absolute atomic E-state index is 13.1. The van der Waals surface area contributed by atoms with Crippen LogP contribution in [0.1, 0.15) is 13.8 Å². The minimum atomic E-state index is -0.336. The fourth-order valence-corrected chi connectivity index (χ4v) is 1.81. The van der Waals surface area contributed by atoms with Crippen molar-refractivity contribution in [1.29, 1.82) is 0 Å². The van der Waals surface area contributed by atoms with Crippen molar-refractivity contribution < 1.29 is 18.7 Å². The molecule has 0 radical (unpaired) electrons. The van der Waals surface area contributed by atoms with Crippen LogP contribution in [-0.2, 0) is 9.53 Å². The first-order valence-corrected chi connectivity index (χ1v) is 7.40. The van der Waals surface area contributed by atoms with Crippen molar-refractivity contribution in [1.82, 2.24) is 10.6 Å². The van der Waals surface area contributed by atoms with Gasteiger partial charge in [0.05, 0.1) is 19.6 Å². The lowest BCUT2D eigenvalue weighted by Gasteiger charge is -2.18. The Morgan fingerprint density at radius 3 is 2.61 bits per heavy atom. The average Bonchev–Trinajstić information content (AvgIpc) is 2.53. The van der Waals surface area contributed by atoms with Crippen LogP contribution < -0.4 is 15.4 Å². The van der Waals surface area contributed by atoms with E-state index in [4.69, 9.17) is 4.74 Å². The highest BCUT2D eigenvalue weighted by atomic mass is 19.1. The Hall–Kier alpha value is -2.31. The van der Waals surface area contributed by atoms with E-state index in [1.807, 2.05) is 6.92 Å². The van der Waals surface area contributed by atoms with Crippen LogP contribution in [0.2, 0.25) is 0 Å². The Balaban J connectivity index is 2.37. The van der Waals surface area contributed by atoms with Crippen LogP contribution in [0, 0.1) is 11.7 Å². The van der Waals surface area contributed by atoms with Gasteiger partial charge in [0.25, 0.3) is 0 Å². The highest BCUT2D eigenvalue weighted by molar-refractivity contribution is 5.80. The van der Waals surface area contributed by atoms with Gasteiger partial charge in [-0.1, -0.05) is 13.0 Å². The molecule has 2 atom stereocenters. The molecule has 0 saturated heterocycles. The highest BCUT2D eigenvalue weighted by Gasteiger charge is 2.13. The van der Waals surface area contributed by atoms with Gasteiger partial charge in [-0.05, 0) is 19.1 Å². The minimum Gasteiger partial charge on any atom is -0.489 e. The number of rotatable bonds is 7. The Morgan fingerprint density at radius 1 is 1.30 bits per heavy atom. The second-order valence-corrected chi connectivity index (χ2v) is 5.14. The smallest absolute Gasteiger partial charge is 0.310 e. The van der Waals surface area contributed by atoms with Crippen LogP contribution in [-0.4, -0.2) is 45.3 Å². The van der Waals surface area contributed by atoms with E-state index >= 15 is 0 Å². The molecule has 128 valence electrons. The van der Waals surface area contributed by atoms with E-state index in [0.29, 0.717) is 24.8 Å². The second-order valence-electron chi connectivity index (χ2n) is 5.14. The number of halogens is 1. The number of esters is 1. The number of nitrogens with zero attached hydrogens (tertiary/aromatic N) is 1.